The minimum absolute atomic E-state index is 0.0558. The van der Waals surface area contributed by atoms with Gasteiger partial charge in [-0.3, -0.25) is 9.69 Å². The van der Waals surface area contributed by atoms with E-state index in [1.807, 2.05) is 49.1 Å². The van der Waals surface area contributed by atoms with Gasteiger partial charge in [0.25, 0.3) is 0 Å². The summed E-state index contributed by atoms with van der Waals surface area (Å²) in [4.78, 5) is 24.7. The summed E-state index contributed by atoms with van der Waals surface area (Å²) in [7, 11) is -3.66. The van der Waals surface area contributed by atoms with Crippen molar-refractivity contribution in [3.63, 3.8) is 0 Å². The monoisotopic (exact) mass is 455 g/mol. The van der Waals surface area contributed by atoms with Crippen LogP contribution in [0.1, 0.15) is 25.5 Å². The molecule has 1 atom stereocenters. The minimum Gasteiger partial charge on any atom is -0.345 e. The summed E-state index contributed by atoms with van der Waals surface area (Å²) >= 11 is 0. The van der Waals surface area contributed by atoms with Gasteiger partial charge in [-0.15, -0.1) is 0 Å². The first-order chi connectivity index (χ1) is 15.5. The van der Waals surface area contributed by atoms with Crippen molar-refractivity contribution in [2.75, 3.05) is 39.3 Å². The maximum Gasteiger partial charge on any atom is 0.245 e. The Hall–Kier alpha value is -2.75. The highest BCUT2D eigenvalue weighted by atomic mass is 32.2. The molecule has 1 saturated heterocycles. The second kappa shape index (κ2) is 9.40. The molecule has 4 rings (SSSR count). The van der Waals surface area contributed by atoms with E-state index in [1.165, 1.54) is 10.5 Å². The maximum absolute atomic E-state index is 13.4. The number of pyridine rings is 1. The third-order valence-electron chi connectivity index (χ3n) is 6.09. The highest BCUT2D eigenvalue weighted by Gasteiger charge is 2.36. The Kier molecular flexibility index (Phi) is 6.59. The molecular formula is C23H29N5O3S. The number of fused-ring (bicyclic) bond motifs is 1. The zero-order valence-electron chi connectivity index (χ0n) is 18.4. The number of benzene rings is 1. The van der Waals surface area contributed by atoms with Gasteiger partial charge in [0.15, 0.2) is 0 Å². The van der Waals surface area contributed by atoms with Gasteiger partial charge in [-0.1, -0.05) is 30.3 Å². The predicted octanol–water partition coefficient (Wildman–Crippen LogP) is 2.48. The number of amides is 1. The molecule has 0 bridgehead atoms. The van der Waals surface area contributed by atoms with Crippen LogP contribution in [0.25, 0.3) is 11.0 Å². The minimum atomic E-state index is -3.66. The van der Waals surface area contributed by atoms with Crippen LogP contribution < -0.4 is 0 Å². The second-order valence-corrected chi connectivity index (χ2v) is 9.72. The lowest BCUT2D eigenvalue weighted by Crippen LogP contribution is -2.52. The second-order valence-electron chi connectivity index (χ2n) is 7.82. The molecule has 0 aliphatic carbocycles. The Balaban J connectivity index is 1.56. The summed E-state index contributed by atoms with van der Waals surface area (Å²) in [5, 5.41) is 0.591. The normalized spacial score (nSPS) is 16.8. The van der Waals surface area contributed by atoms with Gasteiger partial charge in [-0.25, -0.2) is 13.4 Å². The van der Waals surface area contributed by atoms with Crippen LogP contribution >= 0.6 is 0 Å². The van der Waals surface area contributed by atoms with Crippen LogP contribution in [-0.2, 0) is 14.8 Å². The molecule has 3 aromatic rings. The van der Waals surface area contributed by atoms with E-state index in [4.69, 9.17) is 0 Å². The first-order valence-electron chi connectivity index (χ1n) is 11.0. The van der Waals surface area contributed by atoms with Gasteiger partial charge in [0, 0.05) is 57.0 Å². The first-order valence-corrected chi connectivity index (χ1v) is 12.4. The molecule has 1 N–H and O–H groups in total. The quantitative estimate of drug-likeness (QED) is 0.591. The van der Waals surface area contributed by atoms with Crippen molar-refractivity contribution < 1.29 is 13.2 Å². The lowest BCUT2D eigenvalue weighted by Gasteiger charge is -2.39. The van der Waals surface area contributed by atoms with E-state index in [-0.39, 0.29) is 10.8 Å². The van der Waals surface area contributed by atoms with Gasteiger partial charge in [0.05, 0.1) is 0 Å². The van der Waals surface area contributed by atoms with Crippen LogP contribution in [0.3, 0.4) is 0 Å². The molecule has 1 aliphatic rings. The molecule has 3 heterocycles. The molecule has 1 fully saturated rings. The van der Waals surface area contributed by atoms with Gasteiger partial charge in [-0.05, 0) is 31.5 Å². The van der Waals surface area contributed by atoms with E-state index in [0.29, 0.717) is 50.3 Å². The van der Waals surface area contributed by atoms with Crippen LogP contribution in [0.4, 0.5) is 0 Å². The number of hydrogen-bond donors (Lipinski definition) is 1. The van der Waals surface area contributed by atoms with Crippen molar-refractivity contribution in [1.29, 1.82) is 0 Å². The van der Waals surface area contributed by atoms with Crippen LogP contribution in [-0.4, -0.2) is 77.7 Å². The highest BCUT2D eigenvalue weighted by Crippen LogP contribution is 2.28. The van der Waals surface area contributed by atoms with E-state index < -0.39 is 16.1 Å². The van der Waals surface area contributed by atoms with Crippen LogP contribution in [0.15, 0.2) is 59.8 Å². The zero-order chi connectivity index (χ0) is 22.7. The summed E-state index contributed by atoms with van der Waals surface area (Å²) in [5.41, 5.74) is 1.49. The lowest BCUT2D eigenvalue weighted by atomic mass is 10.0. The number of carbonyl (C=O) groups is 1. The fourth-order valence-corrected chi connectivity index (χ4v) is 5.91. The Morgan fingerprint density at radius 1 is 1.06 bits per heavy atom. The molecule has 8 nitrogen and oxygen atoms in total. The average molecular weight is 456 g/mol. The predicted molar refractivity (Wildman–Crippen MR) is 124 cm³/mol. The molecule has 9 heteroatoms. The molecule has 32 heavy (non-hydrogen) atoms. The molecule has 1 amide bonds. The van der Waals surface area contributed by atoms with Gasteiger partial charge in [0.1, 0.15) is 16.6 Å². The Bertz CT molecular complexity index is 1170. The Morgan fingerprint density at radius 2 is 1.75 bits per heavy atom. The molecule has 0 radical (unpaired) electrons. The fourth-order valence-electron chi connectivity index (χ4n) is 4.34. The van der Waals surface area contributed by atoms with Crippen molar-refractivity contribution in [2.24, 2.45) is 0 Å². The van der Waals surface area contributed by atoms with Gasteiger partial charge >= 0.3 is 0 Å². The smallest absolute Gasteiger partial charge is 0.245 e. The fraction of sp³-hybridized carbons (Fsp3) is 0.391. The average Bonchev–Trinajstić information content (AvgIpc) is 3.26. The van der Waals surface area contributed by atoms with Crippen molar-refractivity contribution >= 4 is 27.0 Å². The van der Waals surface area contributed by atoms with Gasteiger partial charge in [-0.2, -0.15) is 4.31 Å². The van der Waals surface area contributed by atoms with Crippen LogP contribution in [0.5, 0.6) is 0 Å². The van der Waals surface area contributed by atoms with E-state index in [0.717, 1.165) is 5.56 Å². The number of hydrogen-bond acceptors (Lipinski definition) is 5. The van der Waals surface area contributed by atoms with Crippen molar-refractivity contribution in [3.05, 3.63) is 60.4 Å². The van der Waals surface area contributed by atoms with Gasteiger partial charge < -0.3 is 9.88 Å². The maximum atomic E-state index is 13.4. The standard InChI is InChI=1S/C23H29N5O3S/c1-3-26(4-2)23(29)21(18-9-6-5-7-10-18)27-13-15-28(16-14-27)32(30,31)20-17-25-22-19(20)11-8-12-24-22/h5-12,17,21H,3-4,13-16H2,1-2H3,(H,24,25). The number of sulfonamides is 1. The molecule has 0 spiro atoms. The van der Waals surface area contributed by atoms with Crippen molar-refractivity contribution in [1.82, 2.24) is 24.1 Å². The molecule has 1 aromatic carbocycles. The number of carbonyl (C=O) groups excluding carboxylic acids is 1. The number of aromatic amines is 1. The molecule has 1 unspecified atom stereocenters. The molecule has 2 aromatic heterocycles. The molecule has 170 valence electrons. The van der Waals surface area contributed by atoms with Gasteiger partial charge in [0.2, 0.25) is 15.9 Å². The van der Waals surface area contributed by atoms with Crippen molar-refractivity contribution in [2.45, 2.75) is 24.8 Å². The third-order valence-corrected chi connectivity index (χ3v) is 8.03. The number of rotatable bonds is 7. The summed E-state index contributed by atoms with van der Waals surface area (Å²) in [6.45, 7) is 6.84. The highest BCUT2D eigenvalue weighted by molar-refractivity contribution is 7.89. The molecular weight excluding hydrogens is 426 g/mol. The van der Waals surface area contributed by atoms with Crippen molar-refractivity contribution in [3.8, 4) is 0 Å². The Morgan fingerprint density at radius 3 is 2.41 bits per heavy atom. The number of aromatic nitrogens is 2. The topological polar surface area (TPSA) is 89.6 Å². The summed E-state index contributed by atoms with van der Waals surface area (Å²) in [6, 6.07) is 12.8. The SMILES string of the molecule is CCN(CC)C(=O)C(c1ccccc1)N1CCN(S(=O)(=O)c2c[nH]c3ncccc23)CC1. The molecule has 1 aliphatic heterocycles. The Labute approximate surface area is 188 Å². The van der Waals surface area contributed by atoms with Crippen LogP contribution in [0.2, 0.25) is 0 Å². The first kappa shape index (κ1) is 22.4. The van der Waals surface area contributed by atoms with E-state index in [2.05, 4.69) is 14.9 Å². The summed E-state index contributed by atoms with van der Waals surface area (Å²) in [6.07, 6.45) is 3.14. The van der Waals surface area contributed by atoms with E-state index in [1.54, 1.807) is 18.3 Å². The lowest BCUT2D eigenvalue weighted by molar-refractivity contribution is -0.137. The van der Waals surface area contributed by atoms with E-state index in [9.17, 15) is 13.2 Å². The zero-order valence-corrected chi connectivity index (χ0v) is 19.3. The number of H-pyrrole nitrogens is 1. The summed E-state index contributed by atoms with van der Waals surface area (Å²) < 4.78 is 28.2. The molecule has 0 saturated carbocycles. The number of likely N-dealkylation sites (N-methyl/N-ethyl adjacent to an activating group) is 1. The third kappa shape index (κ3) is 4.15. The number of piperazine rings is 1. The number of nitrogens with one attached hydrogen (secondary N) is 1. The largest absolute Gasteiger partial charge is 0.345 e. The summed E-state index contributed by atoms with van der Waals surface area (Å²) in [5.74, 6) is 0.0558. The van der Waals surface area contributed by atoms with Crippen LogP contribution in [0, 0.1) is 0 Å². The number of nitrogens with zero attached hydrogens (tertiary/aromatic N) is 4. The van der Waals surface area contributed by atoms with E-state index >= 15 is 0 Å².